The van der Waals surface area contributed by atoms with Crippen molar-refractivity contribution < 1.29 is 38.2 Å². The number of carbonyl (C=O) groups excluding carboxylic acids is 5. The van der Waals surface area contributed by atoms with Gasteiger partial charge in [-0.25, -0.2) is 14.4 Å². The van der Waals surface area contributed by atoms with Gasteiger partial charge >= 0.3 is 18.0 Å². The summed E-state index contributed by atoms with van der Waals surface area (Å²) in [5.74, 6) is -2.20. The molecule has 0 spiro atoms. The van der Waals surface area contributed by atoms with Crippen LogP contribution in [0.15, 0.2) is 60.7 Å². The van der Waals surface area contributed by atoms with E-state index >= 15 is 0 Å². The number of hydrogen-bond acceptors (Lipinski definition) is 8. The maximum Gasteiger partial charge on any atom is 0.408 e. The van der Waals surface area contributed by atoms with Gasteiger partial charge in [0.05, 0.1) is 13.2 Å². The van der Waals surface area contributed by atoms with Gasteiger partial charge in [0.15, 0.2) is 12.1 Å². The van der Waals surface area contributed by atoms with E-state index in [1.165, 1.54) is 9.80 Å². The zero-order valence-electron chi connectivity index (χ0n) is 29.4. The van der Waals surface area contributed by atoms with Crippen molar-refractivity contribution in [1.82, 2.24) is 15.1 Å². The van der Waals surface area contributed by atoms with Crippen LogP contribution in [0.4, 0.5) is 4.79 Å². The van der Waals surface area contributed by atoms with Crippen LogP contribution < -0.4 is 5.32 Å². The Morgan fingerprint density at radius 2 is 1.33 bits per heavy atom. The molecule has 0 aromatic heterocycles. The summed E-state index contributed by atoms with van der Waals surface area (Å²) >= 11 is 0. The van der Waals surface area contributed by atoms with Crippen LogP contribution in [0.2, 0.25) is 0 Å². The van der Waals surface area contributed by atoms with Gasteiger partial charge in [-0.05, 0) is 82.8 Å². The number of likely N-dealkylation sites (tertiary alicyclic amines) is 1. The first-order chi connectivity index (χ1) is 23.4. The van der Waals surface area contributed by atoms with E-state index in [4.69, 9.17) is 14.2 Å². The molecule has 2 heterocycles. The number of benzene rings is 2. The molecule has 4 rings (SSSR count). The molecule has 2 aromatic rings. The summed E-state index contributed by atoms with van der Waals surface area (Å²) in [6.45, 7) is 9.65. The van der Waals surface area contributed by atoms with E-state index in [0.717, 1.165) is 11.1 Å². The van der Waals surface area contributed by atoms with Gasteiger partial charge < -0.3 is 29.3 Å². The van der Waals surface area contributed by atoms with Crippen molar-refractivity contribution in [2.24, 2.45) is 5.92 Å². The maximum absolute atomic E-state index is 14.0. The number of rotatable bonds is 15. The van der Waals surface area contributed by atoms with Gasteiger partial charge in [-0.2, -0.15) is 0 Å². The lowest BCUT2D eigenvalue weighted by Crippen LogP contribution is -2.53. The van der Waals surface area contributed by atoms with Crippen molar-refractivity contribution in [2.45, 2.75) is 109 Å². The number of nitrogens with zero attached hydrogens (tertiary/aromatic N) is 2. The summed E-state index contributed by atoms with van der Waals surface area (Å²) < 4.78 is 16.5. The number of hydrogen-bond donors (Lipinski definition) is 1. The van der Waals surface area contributed by atoms with E-state index in [9.17, 15) is 24.0 Å². The minimum atomic E-state index is -1.13. The molecule has 49 heavy (non-hydrogen) atoms. The quantitative estimate of drug-likeness (QED) is 0.123. The van der Waals surface area contributed by atoms with Gasteiger partial charge in [0.2, 0.25) is 11.8 Å². The van der Waals surface area contributed by atoms with Gasteiger partial charge in [-0.3, -0.25) is 9.59 Å². The third-order valence-corrected chi connectivity index (χ3v) is 8.46. The maximum atomic E-state index is 14.0. The number of esters is 2. The summed E-state index contributed by atoms with van der Waals surface area (Å²) in [4.78, 5) is 69.8. The Bertz CT molecular complexity index is 1360. The standard InChI is InChI=1S/C38H51N3O8/c1-26(2)25-29(39-37(46)49-38(3,4)5)33(42)40-22-12-21-30(40)34(43)41-31(35(44)47-23-13-19-27-15-8-6-9-16-27)32(41)36(45)48-24-14-20-28-17-10-7-11-18-28/h6-11,15-18,26,29-32H,12-14,19-25H2,1-5H3,(H,39,46)/t29-,30+,31?,32?,41?/m0/s1. The number of alkyl carbamates (subject to hydrolysis) is 1. The predicted octanol–water partition coefficient (Wildman–Crippen LogP) is 4.85. The van der Waals surface area contributed by atoms with Crippen LogP contribution in [0.25, 0.3) is 0 Å². The highest BCUT2D eigenvalue weighted by Gasteiger charge is 2.63. The zero-order chi connectivity index (χ0) is 35.6. The van der Waals surface area contributed by atoms with Crippen LogP contribution in [-0.2, 0) is 46.2 Å². The highest BCUT2D eigenvalue weighted by Crippen LogP contribution is 2.35. The van der Waals surface area contributed by atoms with E-state index < -0.39 is 59.6 Å². The molecule has 0 saturated carbocycles. The molecule has 2 aliphatic rings. The van der Waals surface area contributed by atoms with Crippen molar-refractivity contribution in [3.05, 3.63) is 71.8 Å². The second-order valence-corrected chi connectivity index (χ2v) is 14.2. The molecule has 266 valence electrons. The van der Waals surface area contributed by atoms with Gasteiger partial charge in [0, 0.05) is 6.54 Å². The Morgan fingerprint density at radius 1 is 0.816 bits per heavy atom. The van der Waals surface area contributed by atoms with Crippen molar-refractivity contribution >= 4 is 29.8 Å². The normalized spacial score (nSPS) is 19.3. The molecule has 2 aromatic carbocycles. The second-order valence-electron chi connectivity index (χ2n) is 14.2. The SMILES string of the molecule is CC(C)C[C@H](NC(=O)OC(C)(C)C)C(=O)N1CCC[C@@H]1C(=O)N1C(C(=O)OCCCc2ccccc2)C1C(=O)OCCCc1ccccc1. The first kappa shape index (κ1) is 37.4. The highest BCUT2D eigenvalue weighted by atomic mass is 16.6. The van der Waals surface area contributed by atoms with Crippen molar-refractivity contribution in [3.63, 3.8) is 0 Å². The Morgan fingerprint density at radius 3 is 1.80 bits per heavy atom. The van der Waals surface area contributed by atoms with E-state index in [2.05, 4.69) is 5.32 Å². The van der Waals surface area contributed by atoms with Crippen molar-refractivity contribution in [3.8, 4) is 0 Å². The van der Waals surface area contributed by atoms with Gasteiger partial charge in [-0.1, -0.05) is 74.5 Å². The van der Waals surface area contributed by atoms with Gasteiger partial charge in [0.25, 0.3) is 0 Å². The average Bonchev–Trinajstić information content (AvgIpc) is 3.62. The van der Waals surface area contributed by atoms with Crippen LogP contribution in [0, 0.1) is 5.92 Å². The fourth-order valence-corrected chi connectivity index (χ4v) is 6.15. The number of amides is 3. The molecule has 11 nitrogen and oxygen atoms in total. The summed E-state index contributed by atoms with van der Waals surface area (Å²) in [6.07, 6.45) is 3.12. The molecule has 0 bridgehead atoms. The number of nitrogens with one attached hydrogen (secondary N) is 1. The third kappa shape index (κ3) is 11.1. The second kappa shape index (κ2) is 17.3. The molecule has 1 N–H and O–H groups in total. The lowest BCUT2D eigenvalue weighted by atomic mass is 10.0. The Kier molecular flexibility index (Phi) is 13.2. The number of carbonyl (C=O) groups is 5. The topological polar surface area (TPSA) is 131 Å². The summed E-state index contributed by atoms with van der Waals surface area (Å²) in [7, 11) is 0. The van der Waals surface area contributed by atoms with Crippen LogP contribution in [-0.4, -0.2) is 89.2 Å². The van der Waals surface area contributed by atoms with Crippen LogP contribution in [0.3, 0.4) is 0 Å². The molecule has 0 radical (unpaired) electrons. The number of ether oxygens (including phenoxy) is 3. The lowest BCUT2D eigenvalue weighted by Gasteiger charge is -2.30. The fraction of sp³-hybridized carbons (Fsp3) is 0.553. The minimum Gasteiger partial charge on any atom is -0.464 e. The lowest BCUT2D eigenvalue weighted by molar-refractivity contribution is -0.147. The molecule has 11 heteroatoms. The molecule has 2 unspecified atom stereocenters. The Hall–Kier alpha value is -4.41. The molecule has 2 fully saturated rings. The predicted molar refractivity (Wildman–Crippen MR) is 183 cm³/mol. The van der Waals surface area contributed by atoms with E-state index in [1.54, 1.807) is 20.8 Å². The van der Waals surface area contributed by atoms with Gasteiger partial charge in [-0.15, -0.1) is 0 Å². The number of aryl methyl sites for hydroxylation is 2. The van der Waals surface area contributed by atoms with Gasteiger partial charge in [0.1, 0.15) is 17.7 Å². The summed E-state index contributed by atoms with van der Waals surface area (Å²) in [5, 5.41) is 2.70. The molecule has 2 saturated heterocycles. The van der Waals surface area contributed by atoms with Crippen molar-refractivity contribution in [1.29, 1.82) is 0 Å². The average molecular weight is 678 g/mol. The molecule has 3 amide bonds. The minimum absolute atomic E-state index is 0.0647. The van der Waals surface area contributed by atoms with Crippen LogP contribution in [0.5, 0.6) is 0 Å². The molecule has 0 aliphatic carbocycles. The van der Waals surface area contributed by atoms with Crippen LogP contribution >= 0.6 is 0 Å². The summed E-state index contributed by atoms with van der Waals surface area (Å²) in [6, 6.07) is 15.6. The third-order valence-electron chi connectivity index (χ3n) is 8.46. The summed E-state index contributed by atoms with van der Waals surface area (Å²) in [5.41, 5.74) is 1.47. The van der Waals surface area contributed by atoms with Crippen LogP contribution in [0.1, 0.15) is 77.8 Å². The van der Waals surface area contributed by atoms with E-state index in [0.29, 0.717) is 51.5 Å². The largest absolute Gasteiger partial charge is 0.464 e. The molecular weight excluding hydrogens is 626 g/mol. The smallest absolute Gasteiger partial charge is 0.408 e. The molecule has 2 aliphatic heterocycles. The highest BCUT2D eigenvalue weighted by molar-refractivity contribution is 6.03. The molecular formula is C38H51N3O8. The van der Waals surface area contributed by atoms with Crippen molar-refractivity contribution in [2.75, 3.05) is 19.8 Å². The first-order valence-electron chi connectivity index (χ1n) is 17.4. The van der Waals surface area contributed by atoms with E-state index in [1.807, 2.05) is 74.5 Å². The van der Waals surface area contributed by atoms with E-state index in [-0.39, 0.29) is 19.1 Å². The first-order valence-corrected chi connectivity index (χ1v) is 17.4. The zero-order valence-corrected chi connectivity index (χ0v) is 29.4. The molecule has 4 atom stereocenters. The monoisotopic (exact) mass is 677 g/mol. The Labute approximate surface area is 289 Å². The Balaban J connectivity index is 1.42. The fourth-order valence-electron chi connectivity index (χ4n) is 6.15.